The van der Waals surface area contributed by atoms with Crippen LogP contribution in [0.15, 0.2) is 47.4 Å². The fourth-order valence-corrected chi connectivity index (χ4v) is 4.92. The van der Waals surface area contributed by atoms with Crippen LogP contribution in [0.1, 0.15) is 31.4 Å². The molecule has 1 unspecified atom stereocenters. The van der Waals surface area contributed by atoms with E-state index in [1.165, 1.54) is 29.6 Å². The van der Waals surface area contributed by atoms with Gasteiger partial charge >= 0.3 is 0 Å². The summed E-state index contributed by atoms with van der Waals surface area (Å²) in [5.74, 6) is -1.92. The first-order chi connectivity index (χ1) is 14.2. The van der Waals surface area contributed by atoms with Crippen molar-refractivity contribution < 1.29 is 26.7 Å². The van der Waals surface area contributed by atoms with Gasteiger partial charge in [0.05, 0.1) is 18.0 Å². The Balaban J connectivity index is 1.58. The van der Waals surface area contributed by atoms with Crippen LogP contribution in [-0.2, 0) is 14.8 Å². The van der Waals surface area contributed by atoms with Gasteiger partial charge in [0.15, 0.2) is 11.6 Å². The highest BCUT2D eigenvalue weighted by atomic mass is 32.2. The first-order valence-corrected chi connectivity index (χ1v) is 11.1. The summed E-state index contributed by atoms with van der Waals surface area (Å²) in [5.41, 5.74) is 0.460. The summed E-state index contributed by atoms with van der Waals surface area (Å²) in [5, 5.41) is 2.80. The van der Waals surface area contributed by atoms with Crippen LogP contribution in [0.25, 0.3) is 0 Å². The quantitative estimate of drug-likeness (QED) is 0.751. The summed E-state index contributed by atoms with van der Waals surface area (Å²) in [7, 11) is -2.14. The second-order valence-corrected chi connectivity index (χ2v) is 9.20. The molecular weight excluding hydrogens is 414 g/mol. The maximum Gasteiger partial charge on any atom is 0.243 e. The number of nitrogens with one attached hydrogen (secondary N) is 1. The summed E-state index contributed by atoms with van der Waals surface area (Å²) in [6.07, 6.45) is 0.761. The Morgan fingerprint density at radius 1 is 1.10 bits per heavy atom. The van der Waals surface area contributed by atoms with Crippen LogP contribution in [0, 0.1) is 17.6 Å². The van der Waals surface area contributed by atoms with E-state index >= 15 is 0 Å². The molecule has 0 bridgehead atoms. The van der Waals surface area contributed by atoms with Crippen LogP contribution < -0.4 is 10.1 Å². The van der Waals surface area contributed by atoms with Gasteiger partial charge in [0.1, 0.15) is 5.75 Å². The molecule has 1 N–H and O–H groups in total. The van der Waals surface area contributed by atoms with E-state index in [-0.39, 0.29) is 29.8 Å². The third-order valence-corrected chi connectivity index (χ3v) is 7.24. The number of sulfonamides is 1. The lowest BCUT2D eigenvalue weighted by Gasteiger charge is -2.31. The number of amides is 1. The average Bonchev–Trinajstić information content (AvgIpc) is 2.75. The molecule has 2 aromatic carbocycles. The molecule has 0 spiro atoms. The maximum absolute atomic E-state index is 13.4. The molecule has 0 radical (unpaired) electrons. The van der Waals surface area contributed by atoms with Crippen molar-refractivity contribution in [2.75, 3.05) is 20.2 Å². The number of piperidine rings is 1. The number of rotatable bonds is 6. The molecule has 3 rings (SSSR count). The number of halogens is 2. The fourth-order valence-electron chi connectivity index (χ4n) is 3.45. The number of hydrogen-bond donors (Lipinski definition) is 1. The van der Waals surface area contributed by atoms with Gasteiger partial charge in [-0.15, -0.1) is 0 Å². The lowest BCUT2D eigenvalue weighted by Crippen LogP contribution is -2.43. The van der Waals surface area contributed by atoms with E-state index in [1.54, 1.807) is 19.1 Å². The monoisotopic (exact) mass is 438 g/mol. The Hall–Kier alpha value is -2.52. The zero-order valence-corrected chi connectivity index (χ0v) is 17.6. The molecule has 162 valence electrons. The number of nitrogens with zero attached hydrogens (tertiary/aromatic N) is 1. The van der Waals surface area contributed by atoms with Crippen molar-refractivity contribution >= 4 is 15.9 Å². The minimum absolute atomic E-state index is 0.179. The van der Waals surface area contributed by atoms with Crippen LogP contribution in [0.4, 0.5) is 8.78 Å². The number of methoxy groups -OCH3 is 1. The van der Waals surface area contributed by atoms with Crippen LogP contribution in [0.2, 0.25) is 0 Å². The fraction of sp³-hybridized carbons (Fsp3) is 0.381. The second-order valence-electron chi connectivity index (χ2n) is 7.26. The third kappa shape index (κ3) is 4.79. The van der Waals surface area contributed by atoms with Gasteiger partial charge in [-0.05, 0) is 61.7 Å². The number of benzene rings is 2. The highest BCUT2D eigenvalue weighted by Crippen LogP contribution is 2.26. The van der Waals surface area contributed by atoms with E-state index in [0.29, 0.717) is 24.2 Å². The lowest BCUT2D eigenvalue weighted by molar-refractivity contribution is -0.126. The van der Waals surface area contributed by atoms with Crippen molar-refractivity contribution in [1.29, 1.82) is 0 Å². The third-order valence-electron chi connectivity index (χ3n) is 5.32. The zero-order valence-electron chi connectivity index (χ0n) is 16.8. The summed E-state index contributed by atoms with van der Waals surface area (Å²) >= 11 is 0. The van der Waals surface area contributed by atoms with Crippen molar-refractivity contribution in [2.45, 2.75) is 30.7 Å². The van der Waals surface area contributed by atoms with E-state index in [2.05, 4.69) is 5.32 Å². The molecule has 1 amide bonds. The highest BCUT2D eigenvalue weighted by Gasteiger charge is 2.32. The normalized spacial score (nSPS) is 16.8. The molecule has 1 saturated heterocycles. The predicted molar refractivity (Wildman–Crippen MR) is 107 cm³/mol. The molecular formula is C21H24F2N2O4S. The van der Waals surface area contributed by atoms with Gasteiger partial charge in [-0.2, -0.15) is 4.31 Å². The Morgan fingerprint density at radius 3 is 2.30 bits per heavy atom. The summed E-state index contributed by atoms with van der Waals surface area (Å²) in [4.78, 5) is 12.7. The Morgan fingerprint density at radius 2 is 1.73 bits per heavy atom. The molecule has 1 aliphatic heterocycles. The predicted octanol–water partition coefficient (Wildman–Crippen LogP) is 3.25. The first-order valence-electron chi connectivity index (χ1n) is 9.62. The minimum atomic E-state index is -3.64. The zero-order chi connectivity index (χ0) is 21.9. The first kappa shape index (κ1) is 22.2. The molecule has 0 aliphatic carbocycles. The molecule has 0 aromatic heterocycles. The van der Waals surface area contributed by atoms with Gasteiger partial charge in [0.25, 0.3) is 0 Å². The summed E-state index contributed by atoms with van der Waals surface area (Å²) < 4.78 is 58.5. The molecule has 1 atom stereocenters. The molecule has 1 heterocycles. The smallest absolute Gasteiger partial charge is 0.243 e. The summed E-state index contributed by atoms with van der Waals surface area (Å²) in [6.45, 7) is 2.14. The molecule has 6 nitrogen and oxygen atoms in total. The van der Waals surface area contributed by atoms with E-state index in [1.807, 2.05) is 0 Å². The van der Waals surface area contributed by atoms with Crippen molar-refractivity contribution in [3.8, 4) is 5.75 Å². The molecule has 2 aromatic rings. The lowest BCUT2D eigenvalue weighted by atomic mass is 9.96. The van der Waals surface area contributed by atoms with E-state index in [0.717, 1.165) is 12.1 Å². The number of hydrogen-bond acceptors (Lipinski definition) is 4. The van der Waals surface area contributed by atoms with Crippen molar-refractivity contribution in [3.05, 3.63) is 59.7 Å². The minimum Gasteiger partial charge on any atom is -0.497 e. The van der Waals surface area contributed by atoms with Gasteiger partial charge in [-0.3, -0.25) is 4.79 Å². The Labute approximate surface area is 174 Å². The summed E-state index contributed by atoms with van der Waals surface area (Å²) in [6, 6.07) is 9.19. The largest absolute Gasteiger partial charge is 0.497 e. The van der Waals surface area contributed by atoms with E-state index in [9.17, 15) is 22.0 Å². The standard InChI is InChI=1S/C21H24F2N2O4S/c1-14(16-3-8-19(22)20(23)13-16)24-21(26)15-9-11-25(12-10-15)30(27,28)18-6-4-17(29-2)5-7-18/h3-8,13-15H,9-12H2,1-2H3,(H,24,26). The molecule has 1 fully saturated rings. The van der Waals surface area contributed by atoms with E-state index < -0.39 is 27.7 Å². The number of carbonyl (C=O) groups is 1. The van der Waals surface area contributed by atoms with Crippen molar-refractivity contribution in [3.63, 3.8) is 0 Å². The molecule has 0 saturated carbocycles. The molecule has 1 aliphatic rings. The molecule has 9 heteroatoms. The Kier molecular flexibility index (Phi) is 6.72. The van der Waals surface area contributed by atoms with Crippen LogP contribution in [0.5, 0.6) is 5.75 Å². The van der Waals surface area contributed by atoms with Gasteiger partial charge < -0.3 is 10.1 Å². The van der Waals surface area contributed by atoms with Gasteiger partial charge in [-0.1, -0.05) is 6.07 Å². The molecule has 30 heavy (non-hydrogen) atoms. The van der Waals surface area contributed by atoms with Crippen molar-refractivity contribution in [2.24, 2.45) is 5.92 Å². The van der Waals surface area contributed by atoms with Gasteiger partial charge in [0.2, 0.25) is 15.9 Å². The van der Waals surface area contributed by atoms with Crippen LogP contribution in [0.3, 0.4) is 0 Å². The van der Waals surface area contributed by atoms with E-state index in [4.69, 9.17) is 4.74 Å². The maximum atomic E-state index is 13.4. The number of ether oxygens (including phenoxy) is 1. The second kappa shape index (κ2) is 9.09. The van der Waals surface area contributed by atoms with Gasteiger partial charge in [0, 0.05) is 19.0 Å². The SMILES string of the molecule is COc1ccc(S(=O)(=O)N2CCC(C(=O)NC(C)c3ccc(F)c(F)c3)CC2)cc1. The highest BCUT2D eigenvalue weighted by molar-refractivity contribution is 7.89. The Bertz CT molecular complexity index is 1000. The van der Waals surface area contributed by atoms with Gasteiger partial charge in [-0.25, -0.2) is 17.2 Å². The van der Waals surface area contributed by atoms with Crippen LogP contribution >= 0.6 is 0 Å². The van der Waals surface area contributed by atoms with Crippen molar-refractivity contribution in [1.82, 2.24) is 9.62 Å². The topological polar surface area (TPSA) is 75.7 Å². The number of carbonyl (C=O) groups excluding carboxylic acids is 1. The average molecular weight is 438 g/mol. The van der Waals surface area contributed by atoms with Crippen LogP contribution in [-0.4, -0.2) is 38.8 Å².